The van der Waals surface area contributed by atoms with E-state index >= 15 is 0 Å². The first-order chi connectivity index (χ1) is 9.33. The average molecular weight is 279 g/mol. The molecule has 2 heteroatoms. The second-order valence-electron chi connectivity index (χ2n) is 8.81. The van der Waals surface area contributed by atoms with E-state index in [9.17, 15) is 0 Å². The zero-order valence-corrected chi connectivity index (χ0v) is 13.9. The van der Waals surface area contributed by atoms with Crippen molar-refractivity contribution in [2.75, 3.05) is 6.54 Å². The fourth-order valence-corrected chi connectivity index (χ4v) is 5.56. The molecule has 0 heterocycles. The van der Waals surface area contributed by atoms with Crippen molar-refractivity contribution in [1.82, 2.24) is 0 Å². The van der Waals surface area contributed by atoms with Gasteiger partial charge in [-0.25, -0.2) is 0 Å². The lowest BCUT2D eigenvalue weighted by Crippen LogP contribution is -2.50. The highest BCUT2D eigenvalue weighted by atomic mass is 16.5. The molecule has 0 aromatic carbocycles. The molecule has 3 saturated carbocycles. The van der Waals surface area contributed by atoms with Gasteiger partial charge in [-0.15, -0.1) is 0 Å². The smallest absolute Gasteiger partial charge is 0.0810 e. The molecule has 3 aliphatic rings. The highest BCUT2D eigenvalue weighted by Gasteiger charge is 2.63. The summed E-state index contributed by atoms with van der Waals surface area (Å²) in [6.07, 6.45) is 9.41. The van der Waals surface area contributed by atoms with Crippen LogP contribution in [0.5, 0.6) is 0 Å². The van der Waals surface area contributed by atoms with Crippen LogP contribution >= 0.6 is 0 Å². The molecule has 0 radical (unpaired) electrons. The van der Waals surface area contributed by atoms with Crippen molar-refractivity contribution >= 4 is 0 Å². The lowest BCUT2D eigenvalue weighted by atomic mass is 9.69. The summed E-state index contributed by atoms with van der Waals surface area (Å²) in [5, 5.41) is 0. The van der Waals surface area contributed by atoms with Gasteiger partial charge in [-0.05, 0) is 54.8 Å². The Morgan fingerprint density at radius 1 is 1.15 bits per heavy atom. The van der Waals surface area contributed by atoms with Gasteiger partial charge in [0.1, 0.15) is 0 Å². The van der Waals surface area contributed by atoms with Crippen LogP contribution in [-0.4, -0.2) is 18.2 Å². The SMILES string of the molecule is CC1CCCC(CN)(OC2CC3CCC2(C)C3(C)C)C1. The van der Waals surface area contributed by atoms with E-state index in [0.29, 0.717) is 23.5 Å². The summed E-state index contributed by atoms with van der Waals surface area (Å²) in [5.41, 5.74) is 6.94. The molecule has 3 aliphatic carbocycles. The number of nitrogens with two attached hydrogens (primary N) is 1. The third-order valence-electron chi connectivity index (χ3n) is 7.53. The predicted octanol–water partition coefficient (Wildman–Crippen LogP) is 4.13. The van der Waals surface area contributed by atoms with E-state index < -0.39 is 0 Å². The molecule has 116 valence electrons. The van der Waals surface area contributed by atoms with E-state index in [1.165, 1.54) is 44.9 Å². The third kappa shape index (κ3) is 1.98. The van der Waals surface area contributed by atoms with Gasteiger partial charge in [0.2, 0.25) is 0 Å². The molecule has 0 spiro atoms. The van der Waals surface area contributed by atoms with Crippen molar-refractivity contribution < 1.29 is 4.74 Å². The van der Waals surface area contributed by atoms with Gasteiger partial charge in [0.25, 0.3) is 0 Å². The lowest BCUT2D eigenvalue weighted by molar-refractivity contribution is -0.158. The van der Waals surface area contributed by atoms with Crippen LogP contribution in [0.15, 0.2) is 0 Å². The zero-order chi connectivity index (χ0) is 14.6. The first-order valence-corrected chi connectivity index (χ1v) is 8.71. The van der Waals surface area contributed by atoms with Gasteiger partial charge in [-0.3, -0.25) is 0 Å². The van der Waals surface area contributed by atoms with Crippen molar-refractivity contribution in [1.29, 1.82) is 0 Å². The molecular weight excluding hydrogens is 246 g/mol. The van der Waals surface area contributed by atoms with E-state index in [1.807, 2.05) is 0 Å². The fourth-order valence-electron chi connectivity index (χ4n) is 5.56. The van der Waals surface area contributed by atoms with Crippen LogP contribution in [0.3, 0.4) is 0 Å². The molecule has 5 atom stereocenters. The van der Waals surface area contributed by atoms with Crippen molar-refractivity contribution in [3.8, 4) is 0 Å². The van der Waals surface area contributed by atoms with Gasteiger partial charge in [-0.1, -0.05) is 40.5 Å². The summed E-state index contributed by atoms with van der Waals surface area (Å²) in [4.78, 5) is 0. The Labute approximate surface area is 124 Å². The quantitative estimate of drug-likeness (QED) is 0.843. The van der Waals surface area contributed by atoms with Crippen LogP contribution in [0.2, 0.25) is 0 Å². The van der Waals surface area contributed by atoms with E-state index in [4.69, 9.17) is 10.5 Å². The monoisotopic (exact) mass is 279 g/mol. The Bertz CT molecular complexity index is 380. The summed E-state index contributed by atoms with van der Waals surface area (Å²) < 4.78 is 6.81. The van der Waals surface area contributed by atoms with Crippen molar-refractivity contribution in [3.63, 3.8) is 0 Å². The Kier molecular flexibility index (Phi) is 3.49. The molecule has 2 bridgehead atoms. The van der Waals surface area contributed by atoms with Crippen molar-refractivity contribution in [3.05, 3.63) is 0 Å². The largest absolute Gasteiger partial charge is 0.370 e. The maximum Gasteiger partial charge on any atom is 0.0810 e. The van der Waals surface area contributed by atoms with E-state index in [2.05, 4.69) is 27.7 Å². The number of ether oxygens (including phenoxy) is 1. The van der Waals surface area contributed by atoms with E-state index in [0.717, 1.165) is 11.8 Å². The zero-order valence-electron chi connectivity index (χ0n) is 13.9. The molecule has 20 heavy (non-hydrogen) atoms. The molecule has 0 aromatic rings. The number of hydrogen-bond acceptors (Lipinski definition) is 2. The van der Waals surface area contributed by atoms with Crippen LogP contribution in [0.1, 0.15) is 72.6 Å². The Morgan fingerprint density at radius 2 is 1.90 bits per heavy atom. The standard InChI is InChI=1S/C18H33NO/c1-13-6-5-8-18(11-13,12-19)20-15-10-14-7-9-17(15,4)16(14,2)3/h13-15H,5-12,19H2,1-4H3. The first kappa shape index (κ1) is 14.8. The second kappa shape index (κ2) is 4.71. The minimum atomic E-state index is -0.0219. The molecule has 2 N–H and O–H groups in total. The van der Waals surface area contributed by atoms with Crippen LogP contribution in [0, 0.1) is 22.7 Å². The topological polar surface area (TPSA) is 35.2 Å². The molecule has 3 rings (SSSR count). The summed E-state index contributed by atoms with van der Waals surface area (Å²) in [6, 6.07) is 0. The van der Waals surface area contributed by atoms with Gasteiger partial charge in [0, 0.05) is 6.54 Å². The minimum absolute atomic E-state index is 0.0219. The highest BCUT2D eigenvalue weighted by molar-refractivity contribution is 5.12. The average Bonchev–Trinajstić information content (AvgIpc) is 2.72. The number of rotatable bonds is 3. The van der Waals surface area contributed by atoms with Gasteiger partial charge in [0.05, 0.1) is 11.7 Å². The highest BCUT2D eigenvalue weighted by Crippen LogP contribution is 2.66. The molecule has 0 amide bonds. The molecule has 0 aliphatic heterocycles. The molecule has 2 nitrogen and oxygen atoms in total. The maximum atomic E-state index is 6.81. The van der Waals surface area contributed by atoms with Crippen molar-refractivity contribution in [2.24, 2.45) is 28.4 Å². The Hall–Kier alpha value is -0.0800. The van der Waals surface area contributed by atoms with Crippen LogP contribution < -0.4 is 5.73 Å². The normalized spacial score (nSPS) is 50.5. The van der Waals surface area contributed by atoms with E-state index in [1.54, 1.807) is 0 Å². The molecule has 3 fully saturated rings. The third-order valence-corrected chi connectivity index (χ3v) is 7.53. The fraction of sp³-hybridized carbons (Fsp3) is 1.00. The molecule has 5 unspecified atom stereocenters. The maximum absolute atomic E-state index is 6.81. The molecule has 0 saturated heterocycles. The Balaban J connectivity index is 1.78. The summed E-state index contributed by atoms with van der Waals surface area (Å²) in [6.45, 7) is 10.5. The van der Waals surface area contributed by atoms with Crippen LogP contribution in [0.25, 0.3) is 0 Å². The minimum Gasteiger partial charge on any atom is -0.370 e. The Morgan fingerprint density at radius 3 is 2.40 bits per heavy atom. The lowest BCUT2D eigenvalue weighted by Gasteiger charge is -2.46. The van der Waals surface area contributed by atoms with Gasteiger partial charge < -0.3 is 10.5 Å². The summed E-state index contributed by atoms with van der Waals surface area (Å²) >= 11 is 0. The van der Waals surface area contributed by atoms with Crippen molar-refractivity contribution in [2.45, 2.75) is 84.3 Å². The number of fused-ring (bicyclic) bond motifs is 2. The van der Waals surface area contributed by atoms with Crippen LogP contribution in [-0.2, 0) is 4.74 Å². The molecule has 0 aromatic heterocycles. The summed E-state index contributed by atoms with van der Waals surface area (Å²) in [7, 11) is 0. The van der Waals surface area contributed by atoms with E-state index in [-0.39, 0.29) is 5.60 Å². The van der Waals surface area contributed by atoms with Gasteiger partial charge in [0.15, 0.2) is 0 Å². The van der Waals surface area contributed by atoms with Crippen LogP contribution in [0.4, 0.5) is 0 Å². The number of hydrogen-bond donors (Lipinski definition) is 1. The second-order valence-corrected chi connectivity index (χ2v) is 8.81. The van der Waals surface area contributed by atoms with Gasteiger partial charge >= 0.3 is 0 Å². The van der Waals surface area contributed by atoms with Gasteiger partial charge in [-0.2, -0.15) is 0 Å². The summed E-state index contributed by atoms with van der Waals surface area (Å²) in [5.74, 6) is 1.63. The first-order valence-electron chi connectivity index (χ1n) is 8.71. The molecular formula is C18H33NO. The predicted molar refractivity (Wildman–Crippen MR) is 83.5 cm³/mol.